The zero-order valence-electron chi connectivity index (χ0n) is 13.1. The fourth-order valence-corrected chi connectivity index (χ4v) is 3.13. The fraction of sp³-hybridized carbons (Fsp3) is 0.375. The summed E-state index contributed by atoms with van der Waals surface area (Å²) in [7, 11) is 0. The van der Waals surface area contributed by atoms with Crippen LogP contribution in [-0.4, -0.2) is 17.5 Å². The smallest absolute Gasteiger partial charge is 0.387 e. The van der Waals surface area contributed by atoms with E-state index in [1.54, 1.807) is 12.1 Å². The summed E-state index contributed by atoms with van der Waals surface area (Å²) in [6.07, 6.45) is 0.649. The highest BCUT2D eigenvalue weighted by molar-refractivity contribution is 7.11. The number of ether oxygens (including phenoxy) is 1. The van der Waals surface area contributed by atoms with Gasteiger partial charge in [0.25, 0.3) is 5.91 Å². The van der Waals surface area contributed by atoms with E-state index in [-0.39, 0.29) is 17.4 Å². The largest absolute Gasteiger partial charge is 0.434 e. The molecule has 0 spiro atoms. The van der Waals surface area contributed by atoms with Crippen LogP contribution in [0.2, 0.25) is 0 Å². The third kappa shape index (κ3) is 4.25. The summed E-state index contributed by atoms with van der Waals surface area (Å²) in [5.41, 5.74) is 1.01. The highest BCUT2D eigenvalue weighted by Crippen LogP contribution is 2.26. The minimum atomic E-state index is -2.98. The van der Waals surface area contributed by atoms with Crippen LogP contribution in [0.25, 0.3) is 0 Å². The van der Waals surface area contributed by atoms with Gasteiger partial charge in [-0.25, -0.2) is 4.98 Å². The number of aryl methyl sites for hydroxylation is 2. The van der Waals surface area contributed by atoms with Crippen LogP contribution in [0.1, 0.15) is 45.3 Å². The number of carbonyl (C=O) groups is 1. The van der Waals surface area contributed by atoms with E-state index in [1.165, 1.54) is 23.5 Å². The van der Waals surface area contributed by atoms with Crippen molar-refractivity contribution in [2.45, 2.75) is 39.8 Å². The Morgan fingerprint density at radius 2 is 2.04 bits per heavy atom. The lowest BCUT2D eigenvalue weighted by molar-refractivity contribution is -0.0501. The Labute approximate surface area is 137 Å². The third-order valence-electron chi connectivity index (χ3n) is 3.40. The quantitative estimate of drug-likeness (QED) is 0.855. The van der Waals surface area contributed by atoms with Crippen LogP contribution in [0.3, 0.4) is 0 Å². The molecule has 4 nitrogen and oxygen atoms in total. The van der Waals surface area contributed by atoms with Crippen molar-refractivity contribution in [3.05, 3.63) is 45.4 Å². The van der Waals surface area contributed by atoms with Crippen LogP contribution in [0.4, 0.5) is 8.78 Å². The molecule has 23 heavy (non-hydrogen) atoms. The predicted molar refractivity (Wildman–Crippen MR) is 85.2 cm³/mol. The van der Waals surface area contributed by atoms with E-state index in [1.807, 2.05) is 20.8 Å². The molecule has 1 aromatic carbocycles. The molecule has 0 aliphatic heterocycles. The molecule has 1 unspecified atom stereocenters. The molecule has 0 radical (unpaired) electrons. The number of nitrogens with one attached hydrogen (secondary N) is 1. The molecule has 1 heterocycles. The highest BCUT2D eigenvalue weighted by Gasteiger charge is 2.21. The number of thiazole rings is 1. The van der Waals surface area contributed by atoms with E-state index >= 15 is 0 Å². The molecule has 0 saturated carbocycles. The zero-order chi connectivity index (χ0) is 17.0. The van der Waals surface area contributed by atoms with Crippen LogP contribution in [-0.2, 0) is 0 Å². The summed E-state index contributed by atoms with van der Waals surface area (Å²) in [6, 6.07) is 5.68. The molecule has 0 bridgehead atoms. The maximum atomic E-state index is 12.4. The van der Waals surface area contributed by atoms with Gasteiger partial charge in [0.05, 0.1) is 17.3 Å². The van der Waals surface area contributed by atoms with Crippen molar-refractivity contribution in [3.8, 4) is 5.75 Å². The summed E-state index contributed by atoms with van der Waals surface area (Å²) >= 11 is 1.52. The number of rotatable bonds is 6. The van der Waals surface area contributed by atoms with E-state index in [0.717, 1.165) is 15.6 Å². The molecule has 1 N–H and O–H groups in total. The molecule has 1 amide bonds. The number of carbonyl (C=O) groups excluding carboxylic acids is 1. The van der Waals surface area contributed by atoms with Gasteiger partial charge in [0, 0.05) is 4.88 Å². The summed E-state index contributed by atoms with van der Waals surface area (Å²) < 4.78 is 29.3. The lowest BCUT2D eigenvalue weighted by Crippen LogP contribution is -2.28. The second-order valence-corrected chi connectivity index (χ2v) is 6.24. The number of hydrogen-bond donors (Lipinski definition) is 1. The SMILES string of the molecule is CCC(NC(=O)c1ccccc1OC(F)F)c1nc(C)c(C)s1. The summed E-state index contributed by atoms with van der Waals surface area (Å²) in [6.45, 7) is 2.83. The number of halogens is 2. The Balaban J connectivity index is 2.20. The number of hydrogen-bond acceptors (Lipinski definition) is 4. The molecule has 1 atom stereocenters. The van der Waals surface area contributed by atoms with Crippen molar-refractivity contribution < 1.29 is 18.3 Å². The maximum absolute atomic E-state index is 12.4. The van der Waals surface area contributed by atoms with Gasteiger partial charge >= 0.3 is 6.61 Å². The van der Waals surface area contributed by atoms with Gasteiger partial charge < -0.3 is 10.1 Å². The summed E-state index contributed by atoms with van der Waals surface area (Å²) in [5.74, 6) is -0.597. The van der Waals surface area contributed by atoms with E-state index in [2.05, 4.69) is 15.0 Å². The first-order valence-electron chi connectivity index (χ1n) is 7.21. The molecule has 0 aliphatic carbocycles. The molecule has 1 aromatic heterocycles. The Morgan fingerprint density at radius 1 is 1.35 bits per heavy atom. The normalized spacial score (nSPS) is 12.3. The van der Waals surface area contributed by atoms with Crippen molar-refractivity contribution in [1.82, 2.24) is 10.3 Å². The average Bonchev–Trinajstić information content (AvgIpc) is 2.84. The van der Waals surface area contributed by atoms with E-state index in [4.69, 9.17) is 0 Å². The van der Waals surface area contributed by atoms with Gasteiger partial charge in [-0.05, 0) is 32.4 Å². The first-order valence-corrected chi connectivity index (χ1v) is 8.02. The van der Waals surface area contributed by atoms with E-state index in [9.17, 15) is 13.6 Å². The minimum Gasteiger partial charge on any atom is -0.434 e. The number of amides is 1. The van der Waals surface area contributed by atoms with Crippen LogP contribution in [0, 0.1) is 13.8 Å². The Morgan fingerprint density at radius 3 is 2.61 bits per heavy atom. The van der Waals surface area contributed by atoms with Gasteiger partial charge in [0.15, 0.2) is 0 Å². The molecule has 0 aliphatic rings. The maximum Gasteiger partial charge on any atom is 0.387 e. The van der Waals surface area contributed by atoms with Crippen molar-refractivity contribution in [2.24, 2.45) is 0 Å². The molecular formula is C16H18F2N2O2S. The van der Waals surface area contributed by atoms with Gasteiger partial charge in [-0.15, -0.1) is 11.3 Å². The Kier molecular flexibility index (Phi) is 5.65. The molecule has 2 rings (SSSR count). The van der Waals surface area contributed by atoms with Gasteiger partial charge in [-0.1, -0.05) is 19.1 Å². The first kappa shape index (κ1) is 17.3. The first-order chi connectivity index (χ1) is 10.9. The van der Waals surface area contributed by atoms with Crippen LogP contribution in [0.5, 0.6) is 5.75 Å². The Hall–Kier alpha value is -2.02. The topological polar surface area (TPSA) is 51.2 Å². The molecule has 0 fully saturated rings. The second-order valence-electron chi connectivity index (χ2n) is 5.00. The number of aromatic nitrogens is 1. The third-order valence-corrected chi connectivity index (χ3v) is 4.59. The lowest BCUT2D eigenvalue weighted by Gasteiger charge is -2.16. The fourth-order valence-electron chi connectivity index (χ4n) is 2.07. The number of benzene rings is 1. The average molecular weight is 340 g/mol. The van der Waals surface area contributed by atoms with Crippen molar-refractivity contribution in [3.63, 3.8) is 0 Å². The van der Waals surface area contributed by atoms with Gasteiger partial charge in [-0.3, -0.25) is 4.79 Å². The molecule has 7 heteroatoms. The van der Waals surface area contributed by atoms with Gasteiger partial charge in [0.1, 0.15) is 10.8 Å². The van der Waals surface area contributed by atoms with Crippen LogP contribution in [0.15, 0.2) is 24.3 Å². The molecule has 124 valence electrons. The van der Waals surface area contributed by atoms with Crippen molar-refractivity contribution >= 4 is 17.2 Å². The minimum absolute atomic E-state index is 0.0799. The summed E-state index contributed by atoms with van der Waals surface area (Å²) in [5, 5.41) is 3.65. The lowest BCUT2D eigenvalue weighted by atomic mass is 10.1. The zero-order valence-corrected chi connectivity index (χ0v) is 13.9. The number of para-hydroxylation sites is 1. The van der Waals surface area contributed by atoms with Crippen LogP contribution < -0.4 is 10.1 Å². The van der Waals surface area contributed by atoms with E-state index in [0.29, 0.717) is 6.42 Å². The molecule has 2 aromatic rings. The van der Waals surface area contributed by atoms with Crippen molar-refractivity contribution in [2.75, 3.05) is 0 Å². The Bertz CT molecular complexity index is 669. The standard InChI is InChI=1S/C16H18F2N2O2S/c1-4-12(15-19-9(2)10(3)23-15)20-14(21)11-7-5-6-8-13(11)22-16(17)18/h5-8,12,16H,4H2,1-3H3,(H,20,21). The monoisotopic (exact) mass is 340 g/mol. The van der Waals surface area contributed by atoms with E-state index < -0.39 is 12.5 Å². The summed E-state index contributed by atoms with van der Waals surface area (Å²) in [4.78, 5) is 18.0. The molecular weight excluding hydrogens is 322 g/mol. The molecule has 0 saturated heterocycles. The van der Waals surface area contributed by atoms with Crippen molar-refractivity contribution in [1.29, 1.82) is 0 Å². The number of nitrogens with zero attached hydrogens (tertiary/aromatic N) is 1. The highest BCUT2D eigenvalue weighted by atomic mass is 32.1. The van der Waals surface area contributed by atoms with Gasteiger partial charge in [0.2, 0.25) is 0 Å². The second kappa shape index (κ2) is 7.50. The van der Waals surface area contributed by atoms with Crippen LogP contribution >= 0.6 is 11.3 Å². The number of alkyl halides is 2. The predicted octanol–water partition coefficient (Wildman–Crippen LogP) is 4.24. The van der Waals surface area contributed by atoms with Gasteiger partial charge in [-0.2, -0.15) is 8.78 Å².